The van der Waals surface area contributed by atoms with Crippen molar-refractivity contribution >= 4 is 11.7 Å². The fourth-order valence-corrected chi connectivity index (χ4v) is 2.84. The van der Waals surface area contributed by atoms with Crippen molar-refractivity contribution in [2.24, 2.45) is 0 Å². The minimum atomic E-state index is -0.222. The van der Waals surface area contributed by atoms with Gasteiger partial charge in [-0.3, -0.25) is 4.68 Å². The molecule has 1 aromatic heterocycles. The van der Waals surface area contributed by atoms with E-state index < -0.39 is 0 Å². The van der Waals surface area contributed by atoms with Crippen LogP contribution in [-0.2, 0) is 11.2 Å². The Morgan fingerprint density at radius 3 is 2.80 bits per heavy atom. The number of carbonyl (C=O) groups is 1. The van der Waals surface area contributed by atoms with Crippen LogP contribution in [0.15, 0.2) is 36.7 Å². The molecule has 7 nitrogen and oxygen atoms in total. The molecule has 2 N–H and O–H groups in total. The molecule has 2 aromatic rings. The quantitative estimate of drug-likeness (QED) is 0.844. The van der Waals surface area contributed by atoms with Crippen LogP contribution < -0.4 is 15.4 Å². The molecule has 0 atom stereocenters. The van der Waals surface area contributed by atoms with E-state index in [1.165, 1.54) is 0 Å². The van der Waals surface area contributed by atoms with Crippen LogP contribution in [0.1, 0.15) is 24.4 Å². The van der Waals surface area contributed by atoms with Crippen LogP contribution in [0.25, 0.3) is 0 Å². The van der Waals surface area contributed by atoms with Crippen LogP contribution >= 0.6 is 0 Å². The maximum atomic E-state index is 12.0. The number of carbonyl (C=O) groups excluding carboxylic acids is 1. The number of nitrogens with zero attached hydrogens (tertiary/aromatic N) is 2. The van der Waals surface area contributed by atoms with Gasteiger partial charge in [0.15, 0.2) is 0 Å². The second-order valence-corrected chi connectivity index (χ2v) is 6.03. The van der Waals surface area contributed by atoms with Crippen molar-refractivity contribution in [3.8, 4) is 5.75 Å². The summed E-state index contributed by atoms with van der Waals surface area (Å²) in [7, 11) is 1.64. The average Bonchev–Trinajstić information content (AvgIpc) is 3.11. The number of anilines is 1. The first-order valence-corrected chi connectivity index (χ1v) is 8.54. The molecule has 0 aliphatic carbocycles. The van der Waals surface area contributed by atoms with Crippen LogP contribution in [0.4, 0.5) is 10.5 Å². The predicted molar refractivity (Wildman–Crippen MR) is 95.0 cm³/mol. The zero-order valence-corrected chi connectivity index (χ0v) is 14.4. The lowest BCUT2D eigenvalue weighted by Gasteiger charge is -2.22. The van der Waals surface area contributed by atoms with Crippen LogP contribution in [0, 0.1) is 0 Å². The first-order valence-electron chi connectivity index (χ1n) is 8.54. The van der Waals surface area contributed by atoms with Crippen LogP contribution in [0.2, 0.25) is 0 Å². The average molecular weight is 344 g/mol. The Kier molecular flexibility index (Phi) is 5.90. The molecule has 1 aromatic carbocycles. The number of nitrogens with one attached hydrogen (secondary N) is 2. The molecule has 0 radical (unpaired) electrons. The Labute approximate surface area is 147 Å². The van der Waals surface area contributed by atoms with Gasteiger partial charge in [-0.15, -0.1) is 0 Å². The van der Waals surface area contributed by atoms with Crippen LogP contribution in [-0.4, -0.2) is 42.7 Å². The number of aromatic nitrogens is 2. The van der Waals surface area contributed by atoms with Crippen molar-refractivity contribution in [1.82, 2.24) is 15.1 Å². The highest BCUT2D eigenvalue weighted by atomic mass is 16.5. The normalized spacial score (nSPS) is 14.9. The Balaban J connectivity index is 1.42. The summed E-state index contributed by atoms with van der Waals surface area (Å²) in [6.07, 6.45) is 6.22. The Hall–Kier alpha value is -2.54. The third kappa shape index (κ3) is 4.96. The van der Waals surface area contributed by atoms with E-state index in [0.29, 0.717) is 18.3 Å². The molecule has 0 saturated carbocycles. The van der Waals surface area contributed by atoms with Gasteiger partial charge in [0, 0.05) is 26.0 Å². The molecule has 7 heteroatoms. The third-order valence-corrected chi connectivity index (χ3v) is 4.28. The van der Waals surface area contributed by atoms with Crippen LogP contribution in [0.5, 0.6) is 5.75 Å². The van der Waals surface area contributed by atoms with Gasteiger partial charge in [-0.05, 0) is 37.0 Å². The second kappa shape index (κ2) is 8.53. The molecule has 25 heavy (non-hydrogen) atoms. The monoisotopic (exact) mass is 344 g/mol. The summed E-state index contributed by atoms with van der Waals surface area (Å²) in [5, 5.41) is 10.0. The summed E-state index contributed by atoms with van der Waals surface area (Å²) in [4.78, 5) is 12.0. The predicted octanol–water partition coefficient (Wildman–Crippen LogP) is 2.61. The van der Waals surface area contributed by atoms with Gasteiger partial charge in [0.25, 0.3) is 0 Å². The molecule has 1 aliphatic rings. The van der Waals surface area contributed by atoms with Gasteiger partial charge in [0.05, 0.1) is 25.0 Å². The first kappa shape index (κ1) is 17.3. The summed E-state index contributed by atoms with van der Waals surface area (Å²) >= 11 is 0. The van der Waals surface area contributed by atoms with E-state index in [9.17, 15) is 4.79 Å². The number of hydrogen-bond acceptors (Lipinski definition) is 4. The number of hydrogen-bond donors (Lipinski definition) is 2. The van der Waals surface area contributed by atoms with Crippen molar-refractivity contribution in [3.05, 3.63) is 42.2 Å². The molecule has 1 saturated heterocycles. The SMILES string of the molecule is COc1ccc(CCNC(=O)Nc2cnn(C3CCOCC3)c2)cc1. The molecule has 1 aliphatic heterocycles. The van der Waals surface area contributed by atoms with Crippen molar-refractivity contribution < 1.29 is 14.3 Å². The highest BCUT2D eigenvalue weighted by molar-refractivity contribution is 5.88. The molecule has 0 unspecified atom stereocenters. The van der Waals surface area contributed by atoms with Crippen molar-refractivity contribution in [2.45, 2.75) is 25.3 Å². The molecule has 0 spiro atoms. The molecular formula is C18H24N4O3. The lowest BCUT2D eigenvalue weighted by molar-refractivity contribution is 0.0662. The Morgan fingerprint density at radius 1 is 1.32 bits per heavy atom. The minimum absolute atomic E-state index is 0.222. The topological polar surface area (TPSA) is 77.4 Å². The fourth-order valence-electron chi connectivity index (χ4n) is 2.84. The standard InChI is InChI=1S/C18H24N4O3/c1-24-17-4-2-14(3-5-17)6-9-19-18(23)21-15-12-20-22(13-15)16-7-10-25-11-8-16/h2-5,12-13,16H,6-11H2,1H3,(H2,19,21,23). The molecule has 3 rings (SSSR count). The molecule has 1 fully saturated rings. The zero-order valence-electron chi connectivity index (χ0n) is 14.4. The third-order valence-electron chi connectivity index (χ3n) is 4.28. The maximum Gasteiger partial charge on any atom is 0.319 e. The number of methoxy groups -OCH3 is 1. The van der Waals surface area contributed by atoms with Gasteiger partial charge < -0.3 is 20.1 Å². The number of benzene rings is 1. The minimum Gasteiger partial charge on any atom is -0.497 e. The van der Waals surface area contributed by atoms with Crippen molar-refractivity contribution in [3.63, 3.8) is 0 Å². The summed E-state index contributed by atoms with van der Waals surface area (Å²) in [6.45, 7) is 2.09. The van der Waals surface area contributed by atoms with E-state index in [1.54, 1.807) is 13.3 Å². The molecule has 134 valence electrons. The zero-order chi connectivity index (χ0) is 17.5. The first-order chi connectivity index (χ1) is 12.2. The van der Waals surface area contributed by atoms with Gasteiger partial charge in [-0.1, -0.05) is 12.1 Å². The van der Waals surface area contributed by atoms with Gasteiger partial charge in [0.2, 0.25) is 0 Å². The summed E-state index contributed by atoms with van der Waals surface area (Å²) in [6, 6.07) is 7.95. The van der Waals surface area contributed by atoms with E-state index in [2.05, 4.69) is 15.7 Å². The van der Waals surface area contributed by atoms with Gasteiger partial charge in [0.1, 0.15) is 5.75 Å². The molecule has 2 amide bonds. The Bertz CT molecular complexity index is 678. The fraction of sp³-hybridized carbons (Fsp3) is 0.444. The van der Waals surface area contributed by atoms with Gasteiger partial charge >= 0.3 is 6.03 Å². The number of rotatable bonds is 6. The summed E-state index contributed by atoms with van der Waals surface area (Å²) in [5.41, 5.74) is 1.85. The molecule has 2 heterocycles. The van der Waals surface area contributed by atoms with Crippen molar-refractivity contribution in [2.75, 3.05) is 32.2 Å². The number of urea groups is 1. The number of ether oxygens (including phenoxy) is 2. The van der Waals surface area contributed by atoms with E-state index in [-0.39, 0.29) is 6.03 Å². The van der Waals surface area contributed by atoms with E-state index in [1.807, 2.05) is 35.1 Å². The lowest BCUT2D eigenvalue weighted by atomic mass is 10.1. The molecular weight excluding hydrogens is 320 g/mol. The van der Waals surface area contributed by atoms with Crippen molar-refractivity contribution in [1.29, 1.82) is 0 Å². The van der Waals surface area contributed by atoms with Gasteiger partial charge in [-0.25, -0.2) is 4.79 Å². The van der Waals surface area contributed by atoms with Crippen LogP contribution in [0.3, 0.4) is 0 Å². The highest BCUT2D eigenvalue weighted by Gasteiger charge is 2.16. The van der Waals surface area contributed by atoms with E-state index in [0.717, 1.165) is 43.8 Å². The van der Waals surface area contributed by atoms with E-state index in [4.69, 9.17) is 9.47 Å². The maximum absolute atomic E-state index is 12.0. The smallest absolute Gasteiger partial charge is 0.319 e. The summed E-state index contributed by atoms with van der Waals surface area (Å²) < 4.78 is 12.4. The van der Waals surface area contributed by atoms with Gasteiger partial charge in [-0.2, -0.15) is 5.10 Å². The molecule has 0 bridgehead atoms. The largest absolute Gasteiger partial charge is 0.497 e. The summed E-state index contributed by atoms with van der Waals surface area (Å²) in [5.74, 6) is 0.830. The highest BCUT2D eigenvalue weighted by Crippen LogP contribution is 2.21. The number of amides is 2. The second-order valence-electron chi connectivity index (χ2n) is 6.03. The Morgan fingerprint density at radius 2 is 2.08 bits per heavy atom. The lowest BCUT2D eigenvalue weighted by Crippen LogP contribution is -2.30. The van der Waals surface area contributed by atoms with E-state index >= 15 is 0 Å².